The molecule has 3 rings (SSSR count). The second-order valence-electron chi connectivity index (χ2n) is 5.40. The summed E-state index contributed by atoms with van der Waals surface area (Å²) in [5, 5.41) is 3.33. The number of rotatable bonds is 1. The average Bonchev–Trinajstić information content (AvgIpc) is 3.03. The van der Waals surface area contributed by atoms with Gasteiger partial charge in [-0.25, -0.2) is 9.18 Å². The maximum atomic E-state index is 13.4. The Morgan fingerprint density at radius 1 is 1.37 bits per heavy atom. The molecule has 0 bridgehead atoms. The fourth-order valence-corrected chi connectivity index (χ4v) is 2.92. The van der Waals surface area contributed by atoms with Crippen molar-refractivity contribution >= 4 is 6.09 Å². The predicted molar refractivity (Wildman–Crippen MR) is 68.5 cm³/mol. The summed E-state index contributed by atoms with van der Waals surface area (Å²) in [4.78, 5) is 13.7. The van der Waals surface area contributed by atoms with Crippen molar-refractivity contribution in [1.29, 1.82) is 0 Å². The third-order valence-electron chi connectivity index (χ3n) is 4.06. The summed E-state index contributed by atoms with van der Waals surface area (Å²) in [5.74, 6) is -0.509. The second-order valence-corrected chi connectivity index (χ2v) is 5.40. The summed E-state index contributed by atoms with van der Waals surface area (Å²) in [6.07, 6.45) is 1.64. The lowest BCUT2D eigenvalue weighted by Crippen LogP contribution is -2.35. The smallest absolute Gasteiger partial charge is 0.407 e. The van der Waals surface area contributed by atoms with Crippen LogP contribution in [-0.2, 0) is 0 Å². The van der Waals surface area contributed by atoms with E-state index in [1.165, 1.54) is 12.1 Å². The molecule has 1 aromatic rings. The third kappa shape index (κ3) is 2.42. The van der Waals surface area contributed by atoms with Crippen molar-refractivity contribution in [3.63, 3.8) is 0 Å². The molecule has 2 fully saturated rings. The molecule has 1 unspecified atom stereocenters. The number of amides is 1. The molecule has 1 atom stereocenters. The van der Waals surface area contributed by atoms with Gasteiger partial charge in [-0.15, -0.1) is 0 Å². The summed E-state index contributed by atoms with van der Waals surface area (Å²) in [7, 11) is 0. The van der Waals surface area contributed by atoms with Crippen LogP contribution in [0.5, 0.6) is 5.75 Å². The number of halogens is 1. The maximum Gasteiger partial charge on any atom is 0.415 e. The van der Waals surface area contributed by atoms with Crippen LogP contribution in [0.15, 0.2) is 24.3 Å². The van der Waals surface area contributed by atoms with Crippen LogP contribution in [0, 0.1) is 11.2 Å². The van der Waals surface area contributed by atoms with E-state index in [2.05, 4.69) is 5.32 Å². The summed E-state index contributed by atoms with van der Waals surface area (Å²) in [6, 6.07) is 5.98. The van der Waals surface area contributed by atoms with E-state index in [1.54, 1.807) is 17.0 Å². The SMILES string of the molecule is O=C(Oc1ccccc1F)N1CCC2(CCNC2)C1. The monoisotopic (exact) mass is 264 g/mol. The lowest BCUT2D eigenvalue weighted by atomic mass is 9.87. The van der Waals surface area contributed by atoms with Crippen molar-refractivity contribution in [3.8, 4) is 5.75 Å². The van der Waals surface area contributed by atoms with Crippen LogP contribution in [0.25, 0.3) is 0 Å². The largest absolute Gasteiger partial charge is 0.415 e. The maximum absolute atomic E-state index is 13.4. The van der Waals surface area contributed by atoms with Gasteiger partial charge in [0.2, 0.25) is 0 Å². The zero-order chi connectivity index (χ0) is 13.3. The zero-order valence-corrected chi connectivity index (χ0v) is 10.7. The number of likely N-dealkylation sites (tertiary alicyclic amines) is 1. The first-order valence-electron chi connectivity index (χ1n) is 6.61. The molecule has 0 radical (unpaired) electrons. The summed E-state index contributed by atoms with van der Waals surface area (Å²) >= 11 is 0. The van der Waals surface area contributed by atoms with Gasteiger partial charge < -0.3 is 15.0 Å². The number of hydrogen-bond donors (Lipinski definition) is 1. The first-order chi connectivity index (χ1) is 9.19. The quantitative estimate of drug-likeness (QED) is 0.843. The molecule has 2 heterocycles. The highest BCUT2D eigenvalue weighted by molar-refractivity contribution is 5.71. The highest BCUT2D eigenvalue weighted by Gasteiger charge is 2.42. The van der Waals surface area contributed by atoms with Crippen LogP contribution in [0.4, 0.5) is 9.18 Å². The van der Waals surface area contributed by atoms with Crippen molar-refractivity contribution < 1.29 is 13.9 Å². The van der Waals surface area contributed by atoms with Crippen molar-refractivity contribution in [1.82, 2.24) is 10.2 Å². The lowest BCUT2D eigenvalue weighted by molar-refractivity contribution is 0.155. The van der Waals surface area contributed by atoms with Gasteiger partial charge in [-0.3, -0.25) is 0 Å². The summed E-state index contributed by atoms with van der Waals surface area (Å²) in [6.45, 7) is 3.36. The van der Waals surface area contributed by atoms with Crippen LogP contribution in [-0.4, -0.2) is 37.2 Å². The molecular weight excluding hydrogens is 247 g/mol. The molecule has 1 spiro atoms. The average molecular weight is 264 g/mol. The molecular formula is C14H17FN2O2. The molecule has 2 aliphatic rings. The normalized spacial score (nSPS) is 26.1. The van der Waals surface area contributed by atoms with Crippen molar-refractivity contribution in [2.75, 3.05) is 26.2 Å². The van der Waals surface area contributed by atoms with Crippen LogP contribution in [0.3, 0.4) is 0 Å². The van der Waals surface area contributed by atoms with E-state index in [9.17, 15) is 9.18 Å². The number of carbonyl (C=O) groups excluding carboxylic acids is 1. The van der Waals surface area contributed by atoms with E-state index in [0.29, 0.717) is 13.1 Å². The minimum Gasteiger partial charge on any atom is -0.407 e. The van der Waals surface area contributed by atoms with Gasteiger partial charge in [0.05, 0.1) is 0 Å². The summed E-state index contributed by atoms with van der Waals surface area (Å²) in [5.41, 5.74) is 0.203. The molecule has 102 valence electrons. The van der Waals surface area contributed by atoms with E-state index < -0.39 is 11.9 Å². The topological polar surface area (TPSA) is 41.6 Å². The van der Waals surface area contributed by atoms with E-state index >= 15 is 0 Å². The Morgan fingerprint density at radius 3 is 2.95 bits per heavy atom. The molecule has 0 aromatic heterocycles. The molecule has 1 N–H and O–H groups in total. The Kier molecular flexibility index (Phi) is 3.14. The Hall–Kier alpha value is -1.62. The molecule has 2 aliphatic heterocycles. The van der Waals surface area contributed by atoms with Crippen LogP contribution in [0.2, 0.25) is 0 Å². The Morgan fingerprint density at radius 2 is 2.21 bits per heavy atom. The number of nitrogens with one attached hydrogen (secondary N) is 1. The minimum absolute atomic E-state index is 0.00185. The van der Waals surface area contributed by atoms with E-state index in [-0.39, 0.29) is 11.2 Å². The molecule has 19 heavy (non-hydrogen) atoms. The Labute approximate surface area is 111 Å². The van der Waals surface area contributed by atoms with Crippen molar-refractivity contribution in [2.45, 2.75) is 12.8 Å². The Balaban J connectivity index is 1.64. The standard InChI is InChI=1S/C14H17FN2O2/c15-11-3-1-2-4-12(11)19-13(18)17-8-6-14(10-17)5-7-16-9-14/h1-4,16H,5-10H2. The van der Waals surface area contributed by atoms with Crippen molar-refractivity contribution in [3.05, 3.63) is 30.1 Å². The highest BCUT2D eigenvalue weighted by Crippen LogP contribution is 2.36. The van der Waals surface area contributed by atoms with Gasteiger partial charge in [0.1, 0.15) is 0 Å². The molecule has 1 aromatic carbocycles. The van der Waals surface area contributed by atoms with Gasteiger partial charge in [0.25, 0.3) is 0 Å². The molecule has 4 nitrogen and oxygen atoms in total. The van der Waals surface area contributed by atoms with Gasteiger partial charge in [0, 0.05) is 25.0 Å². The molecule has 0 saturated carbocycles. The number of nitrogens with zero attached hydrogens (tertiary/aromatic N) is 1. The van der Waals surface area contributed by atoms with Gasteiger partial charge in [-0.2, -0.15) is 0 Å². The Bertz CT molecular complexity index is 486. The number of para-hydroxylation sites is 1. The fraction of sp³-hybridized carbons (Fsp3) is 0.500. The first-order valence-corrected chi connectivity index (χ1v) is 6.61. The van der Waals surface area contributed by atoms with Crippen LogP contribution >= 0.6 is 0 Å². The number of carbonyl (C=O) groups is 1. The third-order valence-corrected chi connectivity index (χ3v) is 4.06. The second kappa shape index (κ2) is 4.81. The predicted octanol–water partition coefficient (Wildman–Crippen LogP) is 2.01. The van der Waals surface area contributed by atoms with E-state index in [0.717, 1.165) is 25.9 Å². The van der Waals surface area contributed by atoms with Crippen LogP contribution in [0.1, 0.15) is 12.8 Å². The number of ether oxygens (including phenoxy) is 1. The van der Waals surface area contributed by atoms with E-state index in [1.807, 2.05) is 0 Å². The molecule has 2 saturated heterocycles. The number of hydrogen-bond acceptors (Lipinski definition) is 3. The summed E-state index contributed by atoms with van der Waals surface area (Å²) < 4.78 is 18.5. The van der Waals surface area contributed by atoms with Crippen LogP contribution < -0.4 is 10.1 Å². The molecule has 0 aliphatic carbocycles. The van der Waals surface area contributed by atoms with Gasteiger partial charge in [-0.05, 0) is 31.5 Å². The number of benzene rings is 1. The minimum atomic E-state index is -0.507. The zero-order valence-electron chi connectivity index (χ0n) is 10.7. The molecule has 1 amide bonds. The highest BCUT2D eigenvalue weighted by atomic mass is 19.1. The van der Waals surface area contributed by atoms with Gasteiger partial charge in [0.15, 0.2) is 11.6 Å². The van der Waals surface area contributed by atoms with Gasteiger partial charge >= 0.3 is 6.09 Å². The lowest BCUT2D eigenvalue weighted by Gasteiger charge is -2.22. The van der Waals surface area contributed by atoms with Gasteiger partial charge in [-0.1, -0.05) is 12.1 Å². The molecule has 5 heteroatoms. The first kappa shape index (κ1) is 12.4. The fourth-order valence-electron chi connectivity index (χ4n) is 2.92. The van der Waals surface area contributed by atoms with Crippen molar-refractivity contribution in [2.24, 2.45) is 5.41 Å². The van der Waals surface area contributed by atoms with E-state index in [4.69, 9.17) is 4.74 Å².